The lowest BCUT2D eigenvalue weighted by molar-refractivity contribution is -0.128. The van der Waals surface area contributed by atoms with Crippen LogP contribution in [0, 0.1) is 11.7 Å². The molecule has 1 aromatic carbocycles. The van der Waals surface area contributed by atoms with Crippen molar-refractivity contribution in [1.82, 2.24) is 15.2 Å². The van der Waals surface area contributed by atoms with Crippen LogP contribution < -0.4 is 5.32 Å². The van der Waals surface area contributed by atoms with Gasteiger partial charge in [-0.15, -0.1) is 11.3 Å². The third-order valence-corrected chi connectivity index (χ3v) is 5.27. The number of carbonyl (C=O) groups is 2. The van der Waals surface area contributed by atoms with Crippen molar-refractivity contribution < 1.29 is 19.1 Å². The fraction of sp³-hybridized carbons (Fsp3) is 0.500. The molecular formula is C18H24FN3O3S. The zero-order valence-electron chi connectivity index (χ0n) is 15.5. The van der Waals surface area contributed by atoms with Gasteiger partial charge in [-0.2, -0.15) is 0 Å². The molecule has 0 aliphatic rings. The normalized spacial score (nSPS) is 13.8. The van der Waals surface area contributed by atoms with E-state index in [1.807, 2.05) is 13.8 Å². The first kappa shape index (κ1) is 20.1. The van der Waals surface area contributed by atoms with Gasteiger partial charge >= 0.3 is 6.09 Å². The van der Waals surface area contributed by atoms with E-state index < -0.39 is 18.2 Å². The van der Waals surface area contributed by atoms with E-state index in [1.54, 1.807) is 26.8 Å². The highest BCUT2D eigenvalue weighted by Gasteiger charge is 2.35. The number of rotatable bonds is 6. The lowest BCUT2D eigenvalue weighted by atomic mass is 10.00. The smallest absolute Gasteiger partial charge is 0.408 e. The fourth-order valence-electron chi connectivity index (χ4n) is 2.87. The maximum Gasteiger partial charge on any atom is 0.408 e. The van der Waals surface area contributed by atoms with Gasteiger partial charge in [0.2, 0.25) is 5.91 Å². The second kappa shape index (κ2) is 7.99. The topological polar surface area (TPSA) is 82.5 Å². The average molecular weight is 381 g/mol. The van der Waals surface area contributed by atoms with Crippen molar-refractivity contribution in [2.24, 2.45) is 5.92 Å². The number of halogens is 1. The Hall–Kier alpha value is -2.22. The maximum atomic E-state index is 13.3. The van der Waals surface area contributed by atoms with Gasteiger partial charge in [0.25, 0.3) is 0 Å². The highest BCUT2D eigenvalue weighted by Crippen LogP contribution is 2.27. The molecule has 0 bridgehead atoms. The van der Waals surface area contributed by atoms with Gasteiger partial charge in [-0.3, -0.25) is 9.69 Å². The second-order valence-corrected chi connectivity index (χ2v) is 7.93. The summed E-state index contributed by atoms with van der Waals surface area (Å²) < 4.78 is 14.0. The Morgan fingerprint density at radius 1 is 1.23 bits per heavy atom. The van der Waals surface area contributed by atoms with Crippen LogP contribution in [-0.2, 0) is 4.79 Å². The number of aromatic nitrogens is 1. The minimum Gasteiger partial charge on any atom is -0.465 e. The largest absolute Gasteiger partial charge is 0.465 e. The molecule has 2 aromatic rings. The van der Waals surface area contributed by atoms with Crippen molar-refractivity contribution in [3.05, 3.63) is 29.0 Å². The summed E-state index contributed by atoms with van der Waals surface area (Å²) in [6.07, 6.45) is -1.13. The number of benzene rings is 1. The molecule has 142 valence electrons. The highest BCUT2D eigenvalue weighted by atomic mass is 32.1. The summed E-state index contributed by atoms with van der Waals surface area (Å²) in [7, 11) is 0. The zero-order chi connectivity index (χ0) is 19.6. The van der Waals surface area contributed by atoms with Crippen LogP contribution in [0.1, 0.15) is 45.7 Å². The van der Waals surface area contributed by atoms with Gasteiger partial charge in [-0.25, -0.2) is 14.2 Å². The summed E-state index contributed by atoms with van der Waals surface area (Å²) in [6.45, 7) is 8.88. The molecule has 0 fully saturated rings. The number of nitrogens with one attached hydrogen (secondary N) is 1. The Kier molecular flexibility index (Phi) is 6.17. The predicted octanol–water partition coefficient (Wildman–Crippen LogP) is 4.03. The summed E-state index contributed by atoms with van der Waals surface area (Å²) in [5, 5.41) is 13.0. The number of amides is 2. The summed E-state index contributed by atoms with van der Waals surface area (Å²) >= 11 is 1.31. The maximum absolute atomic E-state index is 13.3. The van der Waals surface area contributed by atoms with Crippen LogP contribution in [0.2, 0.25) is 0 Å². The Labute approximate surface area is 156 Å². The van der Waals surface area contributed by atoms with E-state index in [1.165, 1.54) is 28.4 Å². The third kappa shape index (κ3) is 4.30. The first-order valence-corrected chi connectivity index (χ1v) is 9.31. The van der Waals surface area contributed by atoms with Crippen LogP contribution in [0.5, 0.6) is 0 Å². The number of carbonyl (C=O) groups excluding carboxylic acids is 1. The Morgan fingerprint density at radius 2 is 1.88 bits per heavy atom. The van der Waals surface area contributed by atoms with Gasteiger partial charge < -0.3 is 10.4 Å². The molecule has 2 amide bonds. The molecule has 2 atom stereocenters. The van der Waals surface area contributed by atoms with Crippen molar-refractivity contribution in [3.63, 3.8) is 0 Å². The molecule has 0 unspecified atom stereocenters. The van der Waals surface area contributed by atoms with E-state index in [2.05, 4.69) is 10.3 Å². The summed E-state index contributed by atoms with van der Waals surface area (Å²) in [5.74, 6) is -0.891. The number of nitrogens with zero attached hydrogens (tertiary/aromatic N) is 2. The van der Waals surface area contributed by atoms with E-state index in [9.17, 15) is 19.1 Å². The molecular weight excluding hydrogens is 357 g/mol. The van der Waals surface area contributed by atoms with Crippen LogP contribution in [0.15, 0.2) is 18.2 Å². The van der Waals surface area contributed by atoms with Crippen molar-refractivity contribution in [1.29, 1.82) is 0 Å². The average Bonchev–Trinajstić information content (AvgIpc) is 2.94. The standard InChI is InChI=1S/C18H24FN3O3S/c1-9(2)15(22(10(3)4)18(24)25)16(23)20-11(5)17-21-13-7-6-12(19)8-14(13)26-17/h6-11,15H,1-5H3,(H,20,23)(H,24,25)/t11-,15-/m0/s1. The highest BCUT2D eigenvalue weighted by molar-refractivity contribution is 7.18. The molecule has 0 radical (unpaired) electrons. The van der Waals surface area contributed by atoms with Gasteiger partial charge in [0.15, 0.2) is 0 Å². The van der Waals surface area contributed by atoms with Crippen LogP contribution in [0.4, 0.5) is 9.18 Å². The number of carboxylic acid groups (broad SMARTS) is 1. The third-order valence-electron chi connectivity index (χ3n) is 4.07. The Balaban J connectivity index is 2.22. The van der Waals surface area contributed by atoms with Gasteiger partial charge in [-0.1, -0.05) is 13.8 Å². The van der Waals surface area contributed by atoms with Gasteiger partial charge in [0.1, 0.15) is 16.9 Å². The molecule has 1 heterocycles. The van der Waals surface area contributed by atoms with E-state index >= 15 is 0 Å². The SMILES string of the molecule is CC(C)[C@@H](C(=O)N[C@@H](C)c1nc2ccc(F)cc2s1)N(C(=O)O)C(C)C. The molecule has 8 heteroatoms. The van der Waals surface area contributed by atoms with Crippen LogP contribution >= 0.6 is 11.3 Å². The molecule has 2 N–H and O–H groups in total. The van der Waals surface area contributed by atoms with Crippen LogP contribution in [-0.4, -0.2) is 39.1 Å². The van der Waals surface area contributed by atoms with Gasteiger partial charge in [-0.05, 0) is 44.9 Å². The van der Waals surface area contributed by atoms with E-state index in [-0.39, 0.29) is 23.7 Å². The van der Waals surface area contributed by atoms with Crippen molar-refractivity contribution in [2.75, 3.05) is 0 Å². The van der Waals surface area contributed by atoms with E-state index in [4.69, 9.17) is 0 Å². The molecule has 0 aliphatic carbocycles. The Morgan fingerprint density at radius 3 is 2.42 bits per heavy atom. The molecule has 2 rings (SSSR count). The van der Waals surface area contributed by atoms with Crippen molar-refractivity contribution >= 4 is 33.6 Å². The van der Waals surface area contributed by atoms with E-state index in [0.717, 1.165) is 0 Å². The van der Waals surface area contributed by atoms with E-state index in [0.29, 0.717) is 15.2 Å². The minimum atomic E-state index is -1.13. The number of fused-ring (bicyclic) bond motifs is 1. The number of hydrogen-bond acceptors (Lipinski definition) is 4. The number of thiazole rings is 1. The lowest BCUT2D eigenvalue weighted by Crippen LogP contribution is -2.54. The van der Waals surface area contributed by atoms with Gasteiger partial charge in [0.05, 0.1) is 16.3 Å². The minimum absolute atomic E-state index is 0.190. The second-order valence-electron chi connectivity index (χ2n) is 6.87. The zero-order valence-corrected chi connectivity index (χ0v) is 16.3. The molecule has 0 spiro atoms. The molecule has 1 aromatic heterocycles. The molecule has 26 heavy (non-hydrogen) atoms. The first-order valence-electron chi connectivity index (χ1n) is 8.49. The molecule has 0 saturated carbocycles. The quantitative estimate of drug-likeness (QED) is 0.791. The summed E-state index contributed by atoms with van der Waals surface area (Å²) in [5.41, 5.74) is 0.669. The summed E-state index contributed by atoms with van der Waals surface area (Å²) in [6, 6.07) is 2.81. The predicted molar refractivity (Wildman–Crippen MR) is 99.8 cm³/mol. The van der Waals surface area contributed by atoms with Gasteiger partial charge in [0, 0.05) is 6.04 Å². The first-order chi connectivity index (χ1) is 12.1. The molecule has 0 saturated heterocycles. The molecule has 0 aliphatic heterocycles. The molecule has 6 nitrogen and oxygen atoms in total. The number of hydrogen-bond donors (Lipinski definition) is 2. The monoisotopic (exact) mass is 381 g/mol. The lowest BCUT2D eigenvalue weighted by Gasteiger charge is -2.34. The summed E-state index contributed by atoms with van der Waals surface area (Å²) in [4.78, 5) is 30.0. The van der Waals surface area contributed by atoms with Crippen LogP contribution in [0.25, 0.3) is 10.2 Å². The Bertz CT molecular complexity index is 806. The van der Waals surface area contributed by atoms with Crippen molar-refractivity contribution in [3.8, 4) is 0 Å². The fourth-order valence-corrected chi connectivity index (χ4v) is 3.87. The van der Waals surface area contributed by atoms with Crippen molar-refractivity contribution in [2.45, 2.75) is 52.7 Å². The van der Waals surface area contributed by atoms with Crippen LogP contribution in [0.3, 0.4) is 0 Å².